The van der Waals surface area contributed by atoms with Gasteiger partial charge >= 0.3 is 5.97 Å². The van der Waals surface area contributed by atoms with Gasteiger partial charge in [0, 0.05) is 23.7 Å². The number of H-pyrrole nitrogens is 1. The molecule has 1 aromatic carbocycles. The number of carbonyl (C=O) groups excluding carboxylic acids is 1. The van der Waals surface area contributed by atoms with Crippen molar-refractivity contribution in [2.24, 2.45) is 0 Å². The van der Waals surface area contributed by atoms with Crippen molar-refractivity contribution in [1.29, 1.82) is 0 Å². The van der Waals surface area contributed by atoms with Crippen LogP contribution < -0.4 is 10.6 Å². The second-order valence-electron chi connectivity index (χ2n) is 9.11. The van der Waals surface area contributed by atoms with Gasteiger partial charge in [0.25, 0.3) is 5.91 Å². The van der Waals surface area contributed by atoms with Crippen LogP contribution in [0, 0.1) is 0 Å². The third kappa shape index (κ3) is 5.46. The smallest absolute Gasteiger partial charge is 0.319 e. The van der Waals surface area contributed by atoms with E-state index in [4.69, 9.17) is 0 Å². The van der Waals surface area contributed by atoms with Crippen LogP contribution in [0.1, 0.15) is 70.1 Å². The predicted molar refractivity (Wildman–Crippen MR) is 133 cm³/mol. The third-order valence-corrected chi connectivity index (χ3v) is 7.29. The van der Waals surface area contributed by atoms with Gasteiger partial charge in [0.2, 0.25) is 0 Å². The molecule has 1 aliphatic heterocycles. The lowest BCUT2D eigenvalue weighted by molar-refractivity contribution is -0.138. The molecule has 4 N–H and O–H groups in total. The molecule has 1 aromatic heterocycles. The van der Waals surface area contributed by atoms with Gasteiger partial charge < -0.3 is 20.6 Å². The number of aromatic amines is 1. The average molecular weight is 474 g/mol. The van der Waals surface area contributed by atoms with Crippen LogP contribution in [0.2, 0.25) is 0 Å². The van der Waals surface area contributed by atoms with Gasteiger partial charge in [-0.15, -0.1) is 11.8 Å². The zero-order chi connectivity index (χ0) is 24.2. The molecule has 1 amide bonds. The summed E-state index contributed by atoms with van der Waals surface area (Å²) in [5.74, 6) is -0.867. The Labute approximate surface area is 199 Å². The number of anilines is 2. The first-order chi connectivity index (χ1) is 15.6. The number of hydrogen-bond acceptors (Lipinski definition) is 6. The van der Waals surface area contributed by atoms with Crippen molar-refractivity contribution >= 4 is 35.0 Å². The number of thioether (sulfide) groups is 1. The van der Waals surface area contributed by atoms with Gasteiger partial charge in [0.05, 0.1) is 11.4 Å². The van der Waals surface area contributed by atoms with Gasteiger partial charge in [0.15, 0.2) is 5.69 Å². The quantitative estimate of drug-likeness (QED) is 0.274. The highest BCUT2D eigenvalue weighted by molar-refractivity contribution is 8.01. The van der Waals surface area contributed by atoms with E-state index in [-0.39, 0.29) is 5.91 Å². The first kappa shape index (κ1) is 25.0. The molecule has 0 radical (unpaired) electrons. The van der Waals surface area contributed by atoms with E-state index in [2.05, 4.69) is 41.6 Å². The number of nitrogens with zero attached hydrogens (tertiary/aromatic N) is 2. The minimum atomic E-state index is -0.874. The summed E-state index contributed by atoms with van der Waals surface area (Å²) in [4.78, 5) is 27.3. The first-order valence-electron chi connectivity index (χ1n) is 11.5. The summed E-state index contributed by atoms with van der Waals surface area (Å²) in [7, 11) is 0. The van der Waals surface area contributed by atoms with E-state index in [0.29, 0.717) is 18.8 Å². The number of rotatable bonds is 11. The lowest BCUT2D eigenvalue weighted by Crippen LogP contribution is -2.58. The first-order valence-corrected chi connectivity index (χ1v) is 12.4. The Morgan fingerprint density at radius 3 is 2.58 bits per heavy atom. The summed E-state index contributed by atoms with van der Waals surface area (Å²) in [6.45, 7) is 11.0. The monoisotopic (exact) mass is 473 g/mol. The van der Waals surface area contributed by atoms with Crippen molar-refractivity contribution in [3.63, 3.8) is 0 Å². The lowest BCUT2D eigenvalue weighted by atomic mass is 10.00. The number of amides is 1. The molecule has 9 heteroatoms. The van der Waals surface area contributed by atoms with E-state index in [0.717, 1.165) is 47.6 Å². The molecule has 1 unspecified atom stereocenters. The number of aromatic nitrogens is 2. The fourth-order valence-electron chi connectivity index (χ4n) is 3.86. The van der Waals surface area contributed by atoms with Crippen molar-refractivity contribution in [2.45, 2.75) is 75.6 Å². The standard InChI is InChI=1S/C24H35N5O3S/c1-6-9-18-19-20(28-27-18)21(30)29(24(5,7-2)26-19)15-8-14-25-16-10-12-17(13-11-16)33-23(3,4)22(31)32/h10-13,25-26H,6-9,14-15H2,1-5H3,(H,27,28)(H,31,32). The predicted octanol–water partition coefficient (Wildman–Crippen LogP) is 4.81. The van der Waals surface area contributed by atoms with Crippen molar-refractivity contribution < 1.29 is 14.7 Å². The van der Waals surface area contributed by atoms with Crippen molar-refractivity contribution in [1.82, 2.24) is 15.1 Å². The third-order valence-electron chi connectivity index (χ3n) is 6.10. The summed E-state index contributed by atoms with van der Waals surface area (Å²) in [5.41, 5.74) is 2.84. The Hall–Kier alpha value is -2.68. The molecule has 3 rings (SSSR count). The molecule has 0 saturated heterocycles. The second kappa shape index (κ2) is 10.1. The Morgan fingerprint density at radius 2 is 1.97 bits per heavy atom. The van der Waals surface area contributed by atoms with E-state index in [1.54, 1.807) is 13.8 Å². The molecule has 1 atom stereocenters. The summed E-state index contributed by atoms with van der Waals surface area (Å²) < 4.78 is -0.874. The molecule has 8 nitrogen and oxygen atoms in total. The summed E-state index contributed by atoms with van der Waals surface area (Å²) in [6.07, 6.45) is 3.42. The maximum atomic E-state index is 13.2. The minimum Gasteiger partial charge on any atom is -0.480 e. The van der Waals surface area contributed by atoms with Crippen LogP contribution in [0.15, 0.2) is 29.2 Å². The Balaban J connectivity index is 1.57. The average Bonchev–Trinajstić information content (AvgIpc) is 3.16. The Kier molecular flexibility index (Phi) is 7.62. The Bertz CT molecular complexity index is 988. The fraction of sp³-hybridized carbons (Fsp3) is 0.542. The molecule has 180 valence electrons. The topological polar surface area (TPSA) is 110 Å². The summed E-state index contributed by atoms with van der Waals surface area (Å²) >= 11 is 1.32. The number of carboxylic acid groups (broad SMARTS) is 1. The van der Waals surface area contributed by atoms with Gasteiger partial charge in [0.1, 0.15) is 10.4 Å². The highest BCUT2D eigenvalue weighted by Crippen LogP contribution is 2.35. The van der Waals surface area contributed by atoms with Crippen LogP contribution in [0.3, 0.4) is 0 Å². The molecule has 0 spiro atoms. The molecule has 0 aliphatic carbocycles. The lowest BCUT2D eigenvalue weighted by Gasteiger charge is -2.45. The molecule has 0 bridgehead atoms. The minimum absolute atomic E-state index is 0.0332. The van der Waals surface area contributed by atoms with E-state index < -0.39 is 16.4 Å². The number of fused-ring (bicyclic) bond motifs is 1. The highest BCUT2D eigenvalue weighted by atomic mass is 32.2. The fourth-order valence-corrected chi connectivity index (χ4v) is 4.81. The van der Waals surface area contributed by atoms with Crippen LogP contribution in [-0.2, 0) is 11.2 Å². The van der Waals surface area contributed by atoms with Gasteiger partial charge in [-0.05, 0) is 64.3 Å². The Morgan fingerprint density at radius 1 is 1.27 bits per heavy atom. The van der Waals surface area contributed by atoms with Crippen LogP contribution in [0.4, 0.5) is 11.4 Å². The zero-order valence-corrected chi connectivity index (χ0v) is 20.9. The molecular formula is C24H35N5O3S. The van der Waals surface area contributed by atoms with Crippen molar-refractivity contribution in [2.75, 3.05) is 23.7 Å². The van der Waals surface area contributed by atoms with Crippen molar-refractivity contribution in [3.05, 3.63) is 35.7 Å². The van der Waals surface area contributed by atoms with Gasteiger partial charge in [-0.2, -0.15) is 5.10 Å². The number of aryl methyl sites for hydroxylation is 1. The second-order valence-corrected chi connectivity index (χ2v) is 10.8. The van der Waals surface area contributed by atoms with E-state index >= 15 is 0 Å². The number of benzene rings is 1. The molecule has 0 fully saturated rings. The van der Waals surface area contributed by atoms with E-state index in [9.17, 15) is 14.7 Å². The zero-order valence-electron chi connectivity index (χ0n) is 20.1. The van der Waals surface area contributed by atoms with Crippen LogP contribution >= 0.6 is 11.8 Å². The van der Waals surface area contributed by atoms with Gasteiger partial charge in [-0.3, -0.25) is 14.7 Å². The van der Waals surface area contributed by atoms with E-state index in [1.807, 2.05) is 29.2 Å². The maximum Gasteiger partial charge on any atom is 0.319 e. The number of hydrogen-bond donors (Lipinski definition) is 4. The number of carbonyl (C=O) groups is 2. The molecule has 33 heavy (non-hydrogen) atoms. The SMILES string of the molecule is CCCc1[nH]nc2c1NC(C)(CC)N(CCCNc1ccc(SC(C)(C)C(=O)O)cc1)C2=O. The number of carboxylic acids is 1. The van der Waals surface area contributed by atoms with Crippen LogP contribution in [0.25, 0.3) is 0 Å². The maximum absolute atomic E-state index is 13.2. The normalized spacial score (nSPS) is 18.1. The van der Waals surface area contributed by atoms with Gasteiger partial charge in [-0.25, -0.2) is 0 Å². The summed E-state index contributed by atoms with van der Waals surface area (Å²) in [6, 6.07) is 7.76. The molecule has 2 heterocycles. The van der Waals surface area contributed by atoms with Crippen molar-refractivity contribution in [3.8, 4) is 0 Å². The number of aliphatic carboxylic acids is 1. The molecule has 1 aliphatic rings. The van der Waals surface area contributed by atoms with E-state index in [1.165, 1.54) is 11.8 Å². The molecular weight excluding hydrogens is 438 g/mol. The summed E-state index contributed by atoms with van der Waals surface area (Å²) in [5, 5.41) is 23.6. The molecule has 2 aromatic rings. The van der Waals surface area contributed by atoms with Crippen LogP contribution in [0.5, 0.6) is 0 Å². The number of nitrogens with one attached hydrogen (secondary N) is 3. The highest BCUT2D eigenvalue weighted by Gasteiger charge is 2.42. The molecule has 0 saturated carbocycles. The van der Waals surface area contributed by atoms with Crippen LogP contribution in [-0.4, -0.2) is 55.6 Å². The van der Waals surface area contributed by atoms with Gasteiger partial charge in [-0.1, -0.05) is 20.3 Å². The largest absolute Gasteiger partial charge is 0.480 e.